The van der Waals surface area contributed by atoms with Gasteiger partial charge in [0.15, 0.2) is 0 Å². The monoisotopic (exact) mass is 276 g/mol. The molecule has 0 unspecified atom stereocenters. The molecule has 0 radical (unpaired) electrons. The fourth-order valence-corrected chi connectivity index (χ4v) is 2.37. The van der Waals surface area contributed by atoms with Crippen LogP contribution < -0.4 is 5.32 Å². The van der Waals surface area contributed by atoms with Crippen molar-refractivity contribution in [2.45, 2.75) is 59.0 Å². The van der Waals surface area contributed by atoms with Crippen LogP contribution in [0, 0.1) is 0 Å². The molecule has 0 aliphatic rings. The first-order valence-electron chi connectivity index (χ1n) is 7.64. The summed E-state index contributed by atoms with van der Waals surface area (Å²) in [6, 6.07) is 8.93. The Morgan fingerprint density at radius 1 is 1.25 bits per heavy atom. The van der Waals surface area contributed by atoms with E-state index in [-0.39, 0.29) is 5.91 Å². The number of carbonyl (C=O) groups excluding carboxylic acids is 1. The zero-order chi connectivity index (χ0) is 15.0. The second-order valence-corrected chi connectivity index (χ2v) is 5.49. The summed E-state index contributed by atoms with van der Waals surface area (Å²) < 4.78 is 0. The van der Waals surface area contributed by atoms with Crippen LogP contribution in [0.25, 0.3) is 0 Å². The van der Waals surface area contributed by atoms with Crippen LogP contribution in [0.5, 0.6) is 0 Å². The van der Waals surface area contributed by atoms with Gasteiger partial charge in [0.05, 0.1) is 0 Å². The average molecular weight is 276 g/mol. The lowest BCUT2D eigenvalue weighted by Gasteiger charge is -2.20. The molecule has 0 bridgehead atoms. The Morgan fingerprint density at radius 2 is 1.90 bits per heavy atom. The first kappa shape index (κ1) is 16.5. The number of carbonyl (C=O) groups is 1. The third-order valence-electron chi connectivity index (χ3n) is 3.53. The van der Waals surface area contributed by atoms with Crippen LogP contribution in [0.4, 0.5) is 5.69 Å². The molecule has 0 heterocycles. The van der Waals surface area contributed by atoms with Crippen LogP contribution in [0.15, 0.2) is 24.3 Å². The minimum absolute atomic E-state index is 0.0956. The molecule has 0 aliphatic carbocycles. The molecule has 0 saturated carbocycles. The molecule has 0 aromatic heterocycles. The summed E-state index contributed by atoms with van der Waals surface area (Å²) >= 11 is 0. The quantitative estimate of drug-likeness (QED) is 0.777. The molecule has 3 nitrogen and oxygen atoms in total. The summed E-state index contributed by atoms with van der Waals surface area (Å²) in [5.41, 5.74) is 2.32. The third-order valence-corrected chi connectivity index (χ3v) is 3.53. The van der Waals surface area contributed by atoms with Crippen molar-refractivity contribution in [2.75, 3.05) is 12.4 Å². The number of hydrogen-bond acceptors (Lipinski definition) is 2. The minimum Gasteiger partial charge on any atom is -0.382 e. The molecule has 0 atom stereocenters. The summed E-state index contributed by atoms with van der Waals surface area (Å²) in [6.07, 6.45) is 4.80. The van der Waals surface area contributed by atoms with Crippen LogP contribution in [-0.4, -0.2) is 23.9 Å². The molecule has 0 spiro atoms. The highest BCUT2D eigenvalue weighted by molar-refractivity contribution is 5.72. The van der Waals surface area contributed by atoms with Gasteiger partial charge in [0, 0.05) is 32.2 Å². The maximum atomic E-state index is 11.3. The van der Waals surface area contributed by atoms with Crippen molar-refractivity contribution in [2.24, 2.45) is 0 Å². The van der Waals surface area contributed by atoms with Crippen LogP contribution in [-0.2, 0) is 11.3 Å². The van der Waals surface area contributed by atoms with Crippen molar-refractivity contribution >= 4 is 11.6 Å². The molecule has 112 valence electrons. The Balaban J connectivity index is 2.68. The van der Waals surface area contributed by atoms with E-state index in [1.165, 1.54) is 31.2 Å². The lowest BCUT2D eigenvalue weighted by molar-refractivity contribution is -0.128. The summed E-state index contributed by atoms with van der Waals surface area (Å²) in [4.78, 5) is 13.0. The molecule has 1 aromatic rings. The molecule has 3 heteroatoms. The maximum absolute atomic E-state index is 11.3. The minimum atomic E-state index is 0.0956. The molecular weight excluding hydrogens is 248 g/mol. The van der Waals surface area contributed by atoms with Crippen molar-refractivity contribution in [1.29, 1.82) is 0 Å². The largest absolute Gasteiger partial charge is 0.382 e. The van der Waals surface area contributed by atoms with Crippen molar-refractivity contribution < 1.29 is 4.79 Å². The lowest BCUT2D eigenvalue weighted by Crippen LogP contribution is -2.23. The Hall–Kier alpha value is -1.51. The zero-order valence-corrected chi connectivity index (χ0v) is 13.3. The molecule has 1 N–H and O–H groups in total. The molecule has 0 aliphatic heterocycles. The van der Waals surface area contributed by atoms with Gasteiger partial charge in [-0.3, -0.25) is 4.79 Å². The number of hydrogen-bond donors (Lipinski definition) is 1. The second kappa shape index (κ2) is 8.62. The fourth-order valence-electron chi connectivity index (χ4n) is 2.37. The number of rotatable bonds is 8. The van der Waals surface area contributed by atoms with Crippen molar-refractivity contribution in [3.8, 4) is 0 Å². The third kappa shape index (κ3) is 5.64. The van der Waals surface area contributed by atoms with E-state index in [0.717, 1.165) is 5.69 Å². The number of benzene rings is 1. The van der Waals surface area contributed by atoms with Crippen LogP contribution >= 0.6 is 0 Å². The molecule has 0 fully saturated rings. The Labute approximate surface area is 123 Å². The van der Waals surface area contributed by atoms with E-state index in [0.29, 0.717) is 12.6 Å². The number of anilines is 1. The zero-order valence-electron chi connectivity index (χ0n) is 13.3. The SMILES string of the molecule is CCCC(CCC)Nc1cccc(CN(C)C(C)=O)c1. The highest BCUT2D eigenvalue weighted by atomic mass is 16.2. The molecule has 1 amide bonds. The smallest absolute Gasteiger partial charge is 0.219 e. The maximum Gasteiger partial charge on any atom is 0.219 e. The lowest BCUT2D eigenvalue weighted by atomic mass is 10.1. The highest BCUT2D eigenvalue weighted by Crippen LogP contribution is 2.17. The molecule has 1 rings (SSSR count). The van der Waals surface area contributed by atoms with Crippen molar-refractivity contribution in [1.82, 2.24) is 4.90 Å². The van der Waals surface area contributed by atoms with Gasteiger partial charge < -0.3 is 10.2 Å². The van der Waals surface area contributed by atoms with Crippen LogP contribution in [0.1, 0.15) is 52.0 Å². The molecule has 1 aromatic carbocycles. The van der Waals surface area contributed by atoms with E-state index in [1.54, 1.807) is 11.8 Å². The summed E-state index contributed by atoms with van der Waals surface area (Å²) in [7, 11) is 1.83. The molecule has 0 saturated heterocycles. The van der Waals surface area contributed by atoms with E-state index in [4.69, 9.17) is 0 Å². The predicted octanol–water partition coefficient (Wildman–Crippen LogP) is 4.05. The number of amides is 1. The Morgan fingerprint density at radius 3 is 2.45 bits per heavy atom. The van der Waals surface area contributed by atoms with Gasteiger partial charge in [0.25, 0.3) is 0 Å². The first-order valence-corrected chi connectivity index (χ1v) is 7.64. The first-order chi connectivity index (χ1) is 9.56. The fraction of sp³-hybridized carbons (Fsp3) is 0.588. The van der Waals surface area contributed by atoms with E-state index in [9.17, 15) is 4.79 Å². The second-order valence-electron chi connectivity index (χ2n) is 5.49. The van der Waals surface area contributed by atoms with Gasteiger partial charge in [-0.25, -0.2) is 0 Å². The van der Waals surface area contributed by atoms with Crippen LogP contribution in [0.2, 0.25) is 0 Å². The molecule has 20 heavy (non-hydrogen) atoms. The standard InChI is InChI=1S/C17H28N2O/c1-5-8-16(9-6-2)18-17-11-7-10-15(12-17)13-19(4)14(3)20/h7,10-12,16,18H,5-6,8-9,13H2,1-4H3. The van der Waals surface area contributed by atoms with Crippen molar-refractivity contribution in [3.05, 3.63) is 29.8 Å². The van der Waals surface area contributed by atoms with Gasteiger partial charge in [-0.2, -0.15) is 0 Å². The van der Waals surface area contributed by atoms with Crippen molar-refractivity contribution in [3.63, 3.8) is 0 Å². The molecular formula is C17H28N2O. The Bertz CT molecular complexity index is 411. The highest BCUT2D eigenvalue weighted by Gasteiger charge is 2.08. The average Bonchev–Trinajstić information content (AvgIpc) is 2.39. The van der Waals surface area contributed by atoms with Gasteiger partial charge in [-0.1, -0.05) is 38.8 Å². The van der Waals surface area contributed by atoms with Gasteiger partial charge >= 0.3 is 0 Å². The van der Waals surface area contributed by atoms with E-state index in [1.807, 2.05) is 7.05 Å². The summed E-state index contributed by atoms with van der Waals surface area (Å²) in [6.45, 7) is 6.71. The number of nitrogens with one attached hydrogen (secondary N) is 1. The normalized spacial score (nSPS) is 10.7. The van der Waals surface area contributed by atoms with Gasteiger partial charge in [0.2, 0.25) is 5.91 Å². The summed E-state index contributed by atoms with van der Waals surface area (Å²) in [5, 5.41) is 3.62. The number of nitrogens with zero attached hydrogens (tertiary/aromatic N) is 1. The van der Waals surface area contributed by atoms with E-state index in [2.05, 4.69) is 43.4 Å². The van der Waals surface area contributed by atoms with Gasteiger partial charge in [0.1, 0.15) is 0 Å². The van der Waals surface area contributed by atoms with E-state index >= 15 is 0 Å². The predicted molar refractivity (Wildman–Crippen MR) is 85.8 cm³/mol. The van der Waals surface area contributed by atoms with E-state index < -0.39 is 0 Å². The van der Waals surface area contributed by atoms with Gasteiger partial charge in [-0.15, -0.1) is 0 Å². The van der Waals surface area contributed by atoms with Crippen LogP contribution in [0.3, 0.4) is 0 Å². The topological polar surface area (TPSA) is 32.3 Å². The van der Waals surface area contributed by atoms with Gasteiger partial charge in [-0.05, 0) is 30.5 Å². The summed E-state index contributed by atoms with van der Waals surface area (Å²) in [5.74, 6) is 0.0956. The Kier molecular flexibility index (Phi) is 7.13.